The summed E-state index contributed by atoms with van der Waals surface area (Å²) in [7, 11) is 0. The van der Waals surface area contributed by atoms with Crippen molar-refractivity contribution in [1.29, 1.82) is 0 Å². The fourth-order valence-corrected chi connectivity index (χ4v) is 2.78. The first-order chi connectivity index (χ1) is 7.70. The van der Waals surface area contributed by atoms with Gasteiger partial charge in [-0.1, -0.05) is 39.4 Å². The molecule has 0 bridgehead atoms. The van der Waals surface area contributed by atoms with E-state index in [1.54, 1.807) is 11.3 Å². The van der Waals surface area contributed by atoms with E-state index in [2.05, 4.69) is 51.3 Å². The normalized spacial score (nSPS) is 10.7. The summed E-state index contributed by atoms with van der Waals surface area (Å²) in [5, 5.41) is 10.2. The summed E-state index contributed by atoms with van der Waals surface area (Å²) < 4.78 is 1.10. The Bertz CT molecular complexity index is 498. The molecule has 0 radical (unpaired) electrons. The molecule has 5 heteroatoms. The van der Waals surface area contributed by atoms with Crippen molar-refractivity contribution < 1.29 is 0 Å². The van der Waals surface area contributed by atoms with Crippen molar-refractivity contribution in [3.8, 4) is 10.6 Å². The molecule has 0 N–H and O–H groups in total. The van der Waals surface area contributed by atoms with E-state index >= 15 is 0 Å². The molecule has 0 aliphatic heterocycles. The van der Waals surface area contributed by atoms with Gasteiger partial charge in [-0.2, -0.15) is 0 Å². The largest absolute Gasteiger partial charge is 0.147 e. The van der Waals surface area contributed by atoms with Gasteiger partial charge in [-0.15, -0.1) is 21.8 Å². The number of nitrogens with zero attached hydrogens (tertiary/aromatic N) is 2. The Kier molecular flexibility index (Phi) is 3.95. The predicted molar refractivity (Wildman–Crippen MR) is 72.2 cm³/mol. The Morgan fingerprint density at radius 1 is 1.38 bits per heavy atom. The second kappa shape index (κ2) is 5.25. The van der Waals surface area contributed by atoms with Crippen LogP contribution in [0.1, 0.15) is 10.6 Å². The van der Waals surface area contributed by atoms with Gasteiger partial charge in [-0.25, -0.2) is 0 Å². The second-order valence-electron chi connectivity index (χ2n) is 3.40. The van der Waals surface area contributed by atoms with Crippen LogP contribution in [0.25, 0.3) is 10.6 Å². The van der Waals surface area contributed by atoms with E-state index in [9.17, 15) is 0 Å². The highest BCUT2D eigenvalue weighted by Gasteiger charge is 2.07. The van der Waals surface area contributed by atoms with Crippen molar-refractivity contribution in [2.75, 3.05) is 5.88 Å². The predicted octanol–water partition coefficient (Wildman–Crippen LogP) is 4.06. The van der Waals surface area contributed by atoms with Crippen LogP contribution in [0.4, 0.5) is 0 Å². The summed E-state index contributed by atoms with van der Waals surface area (Å²) in [6.07, 6.45) is 0.784. The first-order valence-corrected chi connectivity index (χ1v) is 7.00. The van der Waals surface area contributed by atoms with Gasteiger partial charge in [0, 0.05) is 22.3 Å². The fraction of sp³-hybridized carbons (Fsp3) is 0.273. The van der Waals surface area contributed by atoms with Crippen LogP contribution < -0.4 is 0 Å². The molecule has 0 saturated heterocycles. The Morgan fingerprint density at radius 2 is 2.19 bits per heavy atom. The minimum Gasteiger partial charge on any atom is -0.143 e. The summed E-state index contributed by atoms with van der Waals surface area (Å²) in [6.45, 7) is 2.06. The van der Waals surface area contributed by atoms with Gasteiger partial charge in [-0.05, 0) is 18.6 Å². The highest BCUT2D eigenvalue weighted by atomic mass is 79.9. The Labute approximate surface area is 112 Å². The fourth-order valence-electron chi connectivity index (χ4n) is 1.28. The van der Waals surface area contributed by atoms with Gasteiger partial charge in [0.2, 0.25) is 0 Å². The van der Waals surface area contributed by atoms with Crippen LogP contribution in [-0.4, -0.2) is 16.1 Å². The van der Waals surface area contributed by atoms with E-state index in [1.807, 2.05) is 0 Å². The minimum atomic E-state index is 0.590. The minimum absolute atomic E-state index is 0.590. The average Bonchev–Trinajstić information content (AvgIpc) is 2.71. The van der Waals surface area contributed by atoms with Crippen LogP contribution in [0.15, 0.2) is 22.7 Å². The first-order valence-electron chi connectivity index (χ1n) is 4.85. The number of aryl methyl sites for hydroxylation is 2. The Balaban J connectivity index is 2.31. The third-order valence-corrected chi connectivity index (χ3v) is 4.27. The monoisotopic (exact) mass is 316 g/mol. The summed E-state index contributed by atoms with van der Waals surface area (Å²) in [5.41, 5.74) is 2.31. The van der Waals surface area contributed by atoms with Crippen LogP contribution in [0.3, 0.4) is 0 Å². The number of hydrogen-bond acceptors (Lipinski definition) is 3. The van der Waals surface area contributed by atoms with Gasteiger partial charge in [0.15, 0.2) is 0 Å². The van der Waals surface area contributed by atoms with Crippen LogP contribution >= 0.6 is 38.9 Å². The molecule has 1 aromatic heterocycles. The lowest BCUT2D eigenvalue weighted by atomic mass is 10.2. The van der Waals surface area contributed by atoms with Gasteiger partial charge in [-0.3, -0.25) is 0 Å². The number of benzene rings is 1. The maximum atomic E-state index is 5.67. The Morgan fingerprint density at radius 3 is 2.88 bits per heavy atom. The van der Waals surface area contributed by atoms with Crippen molar-refractivity contribution >= 4 is 38.9 Å². The molecular formula is C11H10BrClN2S. The highest BCUT2D eigenvalue weighted by molar-refractivity contribution is 9.10. The lowest BCUT2D eigenvalue weighted by Gasteiger charge is -1.99. The van der Waals surface area contributed by atoms with E-state index in [4.69, 9.17) is 11.6 Å². The molecule has 0 fully saturated rings. The molecule has 0 aliphatic rings. The van der Waals surface area contributed by atoms with Gasteiger partial charge in [0.1, 0.15) is 10.0 Å². The van der Waals surface area contributed by atoms with E-state index in [-0.39, 0.29) is 0 Å². The molecule has 0 aliphatic carbocycles. The van der Waals surface area contributed by atoms with Crippen molar-refractivity contribution in [2.24, 2.45) is 0 Å². The molecule has 1 aromatic carbocycles. The van der Waals surface area contributed by atoms with Crippen LogP contribution in [0.5, 0.6) is 0 Å². The van der Waals surface area contributed by atoms with Gasteiger partial charge in [0.25, 0.3) is 0 Å². The smallest absolute Gasteiger partial charge is 0.143 e. The van der Waals surface area contributed by atoms with Gasteiger partial charge >= 0.3 is 0 Å². The van der Waals surface area contributed by atoms with Crippen molar-refractivity contribution in [2.45, 2.75) is 13.3 Å². The summed E-state index contributed by atoms with van der Waals surface area (Å²) >= 11 is 10.8. The molecule has 2 rings (SSSR count). The number of hydrogen-bond donors (Lipinski definition) is 0. The first kappa shape index (κ1) is 12.0. The maximum Gasteiger partial charge on any atom is 0.147 e. The van der Waals surface area contributed by atoms with Gasteiger partial charge in [0.05, 0.1) is 0 Å². The van der Waals surface area contributed by atoms with Crippen molar-refractivity contribution in [1.82, 2.24) is 10.2 Å². The molecule has 16 heavy (non-hydrogen) atoms. The average molecular weight is 318 g/mol. The highest BCUT2D eigenvalue weighted by Crippen LogP contribution is 2.28. The van der Waals surface area contributed by atoms with Crippen LogP contribution in [-0.2, 0) is 6.42 Å². The third-order valence-electron chi connectivity index (χ3n) is 2.19. The van der Waals surface area contributed by atoms with Gasteiger partial charge < -0.3 is 0 Å². The SMILES string of the molecule is Cc1ccc(-c2nnc(CCCl)s2)cc1Br. The number of halogens is 2. The Hall–Kier alpha value is -0.450. The molecular weight excluding hydrogens is 308 g/mol. The quantitative estimate of drug-likeness (QED) is 0.798. The molecule has 2 aromatic rings. The molecule has 0 unspecified atom stereocenters. The van der Waals surface area contributed by atoms with Crippen molar-refractivity contribution in [3.05, 3.63) is 33.2 Å². The number of alkyl halides is 1. The topological polar surface area (TPSA) is 25.8 Å². The second-order valence-corrected chi connectivity index (χ2v) is 5.70. The molecule has 0 amide bonds. The summed E-state index contributed by atoms with van der Waals surface area (Å²) in [6, 6.07) is 6.20. The lowest BCUT2D eigenvalue weighted by molar-refractivity contribution is 0.990. The zero-order chi connectivity index (χ0) is 11.5. The number of aromatic nitrogens is 2. The molecule has 0 atom stereocenters. The molecule has 84 valence electrons. The van der Waals surface area contributed by atoms with Crippen LogP contribution in [0, 0.1) is 6.92 Å². The zero-order valence-corrected chi connectivity index (χ0v) is 11.9. The molecule has 0 saturated carbocycles. The van der Waals surface area contributed by atoms with E-state index in [0.717, 1.165) is 26.5 Å². The van der Waals surface area contributed by atoms with Crippen molar-refractivity contribution in [3.63, 3.8) is 0 Å². The molecule has 2 nitrogen and oxygen atoms in total. The summed E-state index contributed by atoms with van der Waals surface area (Å²) in [4.78, 5) is 0. The summed E-state index contributed by atoms with van der Waals surface area (Å²) in [5.74, 6) is 0.590. The van der Waals surface area contributed by atoms with E-state index < -0.39 is 0 Å². The standard InChI is InChI=1S/C11H10BrClN2S/c1-7-2-3-8(6-9(7)12)11-15-14-10(16-11)4-5-13/h2-3,6H,4-5H2,1H3. The van der Waals surface area contributed by atoms with E-state index in [0.29, 0.717) is 5.88 Å². The molecule has 1 heterocycles. The maximum absolute atomic E-state index is 5.67. The van der Waals surface area contributed by atoms with E-state index in [1.165, 1.54) is 5.56 Å². The molecule has 0 spiro atoms. The third kappa shape index (κ3) is 2.62. The number of rotatable bonds is 3. The zero-order valence-electron chi connectivity index (χ0n) is 8.70. The lowest BCUT2D eigenvalue weighted by Crippen LogP contribution is -1.83. The van der Waals surface area contributed by atoms with Crippen LogP contribution in [0.2, 0.25) is 0 Å².